The molecule has 0 unspecified atom stereocenters. The van der Waals surface area contributed by atoms with Gasteiger partial charge in [0.05, 0.1) is 6.54 Å². The summed E-state index contributed by atoms with van der Waals surface area (Å²) >= 11 is 0. The maximum Gasteiger partial charge on any atom is 0.253 e. The predicted octanol–water partition coefficient (Wildman–Crippen LogP) is 4.32. The SMILES string of the molecule is CCNC(=NCc1ccc(C(=O)N2CCCCC2)cc1)NC1CCCCC1.I. The largest absolute Gasteiger partial charge is 0.357 e. The zero-order valence-corrected chi connectivity index (χ0v) is 19.4. The Bertz CT molecular complexity index is 620. The molecular formula is C22H35IN4O. The summed E-state index contributed by atoms with van der Waals surface area (Å²) in [7, 11) is 0. The molecule has 1 saturated heterocycles. The average molecular weight is 498 g/mol. The van der Waals surface area contributed by atoms with Crippen molar-refractivity contribution in [2.24, 2.45) is 4.99 Å². The lowest BCUT2D eigenvalue weighted by Gasteiger charge is -2.26. The smallest absolute Gasteiger partial charge is 0.253 e. The summed E-state index contributed by atoms with van der Waals surface area (Å²) in [6.07, 6.45) is 9.93. The summed E-state index contributed by atoms with van der Waals surface area (Å²) in [5.41, 5.74) is 1.92. The molecule has 156 valence electrons. The van der Waals surface area contributed by atoms with Gasteiger partial charge in [-0.15, -0.1) is 24.0 Å². The lowest BCUT2D eigenvalue weighted by molar-refractivity contribution is 0.0724. The number of likely N-dealkylation sites (tertiary alicyclic amines) is 1. The monoisotopic (exact) mass is 498 g/mol. The predicted molar refractivity (Wildman–Crippen MR) is 126 cm³/mol. The summed E-state index contributed by atoms with van der Waals surface area (Å²) in [6, 6.07) is 8.50. The number of hydrogen-bond donors (Lipinski definition) is 2. The third kappa shape index (κ3) is 6.94. The number of halogens is 1. The average Bonchev–Trinajstić information content (AvgIpc) is 2.73. The molecule has 1 aliphatic carbocycles. The van der Waals surface area contributed by atoms with Gasteiger partial charge in [-0.25, -0.2) is 4.99 Å². The van der Waals surface area contributed by atoms with Crippen LogP contribution < -0.4 is 10.6 Å². The molecule has 0 aromatic heterocycles. The van der Waals surface area contributed by atoms with E-state index >= 15 is 0 Å². The van der Waals surface area contributed by atoms with Crippen LogP contribution in [0.3, 0.4) is 0 Å². The van der Waals surface area contributed by atoms with E-state index < -0.39 is 0 Å². The lowest BCUT2D eigenvalue weighted by atomic mass is 9.96. The summed E-state index contributed by atoms with van der Waals surface area (Å²) in [5.74, 6) is 1.06. The molecule has 0 spiro atoms. The van der Waals surface area contributed by atoms with E-state index in [1.165, 1.54) is 38.5 Å². The molecule has 1 aliphatic heterocycles. The van der Waals surface area contributed by atoms with Crippen molar-refractivity contribution in [3.63, 3.8) is 0 Å². The van der Waals surface area contributed by atoms with Gasteiger partial charge in [-0.3, -0.25) is 4.79 Å². The second-order valence-electron chi connectivity index (χ2n) is 7.72. The second kappa shape index (κ2) is 12.3. The van der Waals surface area contributed by atoms with Gasteiger partial charge in [0.25, 0.3) is 5.91 Å². The minimum Gasteiger partial charge on any atom is -0.357 e. The Hall–Kier alpha value is -1.31. The van der Waals surface area contributed by atoms with Crippen LogP contribution in [-0.2, 0) is 6.54 Å². The third-order valence-corrected chi connectivity index (χ3v) is 5.55. The van der Waals surface area contributed by atoms with Crippen molar-refractivity contribution in [3.8, 4) is 0 Å². The van der Waals surface area contributed by atoms with E-state index in [1.54, 1.807) is 0 Å². The highest BCUT2D eigenvalue weighted by atomic mass is 127. The first-order chi connectivity index (χ1) is 13.3. The first-order valence-corrected chi connectivity index (χ1v) is 10.7. The van der Waals surface area contributed by atoms with Crippen LogP contribution in [0.1, 0.15) is 74.2 Å². The molecule has 0 atom stereocenters. The van der Waals surface area contributed by atoms with Gasteiger partial charge in [0.1, 0.15) is 0 Å². The highest BCUT2D eigenvalue weighted by molar-refractivity contribution is 14.0. The zero-order valence-electron chi connectivity index (χ0n) is 17.1. The van der Waals surface area contributed by atoms with Gasteiger partial charge in [0, 0.05) is 31.2 Å². The molecule has 3 rings (SSSR count). The van der Waals surface area contributed by atoms with Crippen molar-refractivity contribution in [3.05, 3.63) is 35.4 Å². The van der Waals surface area contributed by atoms with Gasteiger partial charge in [-0.05, 0) is 56.7 Å². The fraction of sp³-hybridized carbons (Fsp3) is 0.636. The molecule has 28 heavy (non-hydrogen) atoms. The standard InChI is InChI=1S/C22H34N4O.HI/c1-2-23-22(25-20-9-5-3-6-10-20)24-17-18-11-13-19(14-12-18)21(27)26-15-7-4-8-16-26;/h11-14,20H,2-10,15-17H2,1H3,(H2,23,24,25);1H. The van der Waals surface area contributed by atoms with Crippen molar-refractivity contribution in [2.45, 2.75) is 70.9 Å². The fourth-order valence-electron chi connectivity index (χ4n) is 3.96. The first-order valence-electron chi connectivity index (χ1n) is 10.7. The molecule has 0 bridgehead atoms. The number of nitrogens with one attached hydrogen (secondary N) is 2. The van der Waals surface area contributed by atoms with E-state index in [1.807, 2.05) is 29.2 Å². The molecule has 5 nitrogen and oxygen atoms in total. The van der Waals surface area contributed by atoms with E-state index in [9.17, 15) is 4.79 Å². The number of hydrogen-bond acceptors (Lipinski definition) is 2. The van der Waals surface area contributed by atoms with Gasteiger partial charge >= 0.3 is 0 Å². The minimum atomic E-state index is 0. The van der Waals surface area contributed by atoms with Gasteiger partial charge in [-0.1, -0.05) is 31.4 Å². The van der Waals surface area contributed by atoms with Crippen LogP contribution in [-0.4, -0.2) is 42.4 Å². The Labute approximate surface area is 186 Å². The number of amides is 1. The number of benzene rings is 1. The number of rotatable bonds is 5. The number of guanidine groups is 1. The van der Waals surface area contributed by atoms with E-state index in [2.05, 4.69) is 17.6 Å². The van der Waals surface area contributed by atoms with E-state index in [4.69, 9.17) is 4.99 Å². The Balaban J connectivity index is 0.00000280. The molecule has 1 saturated carbocycles. The minimum absolute atomic E-state index is 0. The van der Waals surface area contributed by atoms with Crippen LogP contribution in [0.25, 0.3) is 0 Å². The number of piperidine rings is 1. The Morgan fingerprint density at radius 1 is 1.04 bits per heavy atom. The van der Waals surface area contributed by atoms with Gasteiger partial charge in [-0.2, -0.15) is 0 Å². The lowest BCUT2D eigenvalue weighted by Crippen LogP contribution is -2.44. The molecule has 2 N–H and O–H groups in total. The highest BCUT2D eigenvalue weighted by Gasteiger charge is 2.18. The Kier molecular flexibility index (Phi) is 10.1. The van der Waals surface area contributed by atoms with E-state index in [0.717, 1.165) is 49.6 Å². The Morgan fingerprint density at radius 3 is 2.32 bits per heavy atom. The molecule has 1 aromatic carbocycles. The number of carbonyl (C=O) groups is 1. The van der Waals surface area contributed by atoms with Crippen molar-refractivity contribution < 1.29 is 4.79 Å². The van der Waals surface area contributed by atoms with Gasteiger partial charge < -0.3 is 15.5 Å². The molecule has 1 heterocycles. The highest BCUT2D eigenvalue weighted by Crippen LogP contribution is 2.17. The number of nitrogens with zero attached hydrogens (tertiary/aromatic N) is 2. The molecule has 1 aromatic rings. The topological polar surface area (TPSA) is 56.7 Å². The van der Waals surface area contributed by atoms with Crippen LogP contribution in [0.2, 0.25) is 0 Å². The van der Waals surface area contributed by atoms with Crippen molar-refractivity contribution in [1.29, 1.82) is 0 Å². The number of aliphatic imine (C=N–C) groups is 1. The fourth-order valence-corrected chi connectivity index (χ4v) is 3.96. The molecular weight excluding hydrogens is 463 g/mol. The molecule has 2 aliphatic rings. The van der Waals surface area contributed by atoms with Gasteiger partial charge in [0.2, 0.25) is 0 Å². The van der Waals surface area contributed by atoms with Crippen LogP contribution in [0.15, 0.2) is 29.3 Å². The summed E-state index contributed by atoms with van der Waals surface area (Å²) < 4.78 is 0. The van der Waals surface area contributed by atoms with Crippen LogP contribution >= 0.6 is 24.0 Å². The zero-order chi connectivity index (χ0) is 18.9. The molecule has 6 heteroatoms. The third-order valence-electron chi connectivity index (χ3n) is 5.55. The Morgan fingerprint density at radius 2 is 1.68 bits per heavy atom. The van der Waals surface area contributed by atoms with Crippen molar-refractivity contribution in [1.82, 2.24) is 15.5 Å². The van der Waals surface area contributed by atoms with Crippen LogP contribution in [0.5, 0.6) is 0 Å². The summed E-state index contributed by atoms with van der Waals surface area (Å²) in [6.45, 7) is 5.37. The molecule has 0 radical (unpaired) electrons. The summed E-state index contributed by atoms with van der Waals surface area (Å²) in [5, 5.41) is 6.93. The number of carbonyl (C=O) groups excluding carboxylic acids is 1. The van der Waals surface area contributed by atoms with Crippen LogP contribution in [0, 0.1) is 0 Å². The second-order valence-corrected chi connectivity index (χ2v) is 7.72. The van der Waals surface area contributed by atoms with Crippen molar-refractivity contribution >= 4 is 35.8 Å². The van der Waals surface area contributed by atoms with Crippen molar-refractivity contribution in [2.75, 3.05) is 19.6 Å². The quantitative estimate of drug-likeness (QED) is 0.361. The van der Waals surface area contributed by atoms with E-state index in [0.29, 0.717) is 12.6 Å². The first kappa shape index (κ1) is 23.0. The van der Waals surface area contributed by atoms with E-state index in [-0.39, 0.29) is 29.9 Å². The molecule has 1 amide bonds. The normalized spacial score (nSPS) is 18.3. The van der Waals surface area contributed by atoms with Crippen LogP contribution in [0.4, 0.5) is 0 Å². The maximum absolute atomic E-state index is 12.6. The maximum atomic E-state index is 12.6. The molecule has 2 fully saturated rings. The van der Waals surface area contributed by atoms with Gasteiger partial charge in [0.15, 0.2) is 5.96 Å². The summed E-state index contributed by atoms with van der Waals surface area (Å²) in [4.78, 5) is 19.3.